The Bertz CT molecular complexity index is 918. The van der Waals surface area contributed by atoms with Gasteiger partial charge in [-0.05, 0) is 49.7 Å². The summed E-state index contributed by atoms with van der Waals surface area (Å²) in [4.78, 5) is 19.5. The molecule has 0 atom stereocenters. The van der Waals surface area contributed by atoms with Crippen molar-refractivity contribution in [3.63, 3.8) is 0 Å². The Morgan fingerprint density at radius 2 is 1.86 bits per heavy atom. The molecule has 0 N–H and O–H groups in total. The molecule has 3 fully saturated rings. The van der Waals surface area contributed by atoms with E-state index in [4.69, 9.17) is 9.72 Å². The van der Waals surface area contributed by atoms with Crippen LogP contribution in [0.1, 0.15) is 50.6 Å². The van der Waals surface area contributed by atoms with E-state index < -0.39 is 0 Å². The van der Waals surface area contributed by atoms with Crippen molar-refractivity contribution in [1.82, 2.24) is 14.5 Å². The minimum absolute atomic E-state index is 0.334. The number of amides is 1. The van der Waals surface area contributed by atoms with E-state index in [1.807, 2.05) is 12.4 Å². The zero-order chi connectivity index (χ0) is 18.7. The monoisotopic (exact) mass is 377 g/mol. The summed E-state index contributed by atoms with van der Waals surface area (Å²) in [6, 6.07) is 8.27. The number of hydrogen-bond acceptors (Lipinski definition) is 3. The van der Waals surface area contributed by atoms with Crippen LogP contribution in [-0.2, 0) is 16.9 Å². The number of rotatable bonds is 4. The maximum absolute atomic E-state index is 12.6. The standard InChI is InChI=1S/C23H27N3O2/c27-20(13-16-5-6-16)25-11-9-23(10-12-25)22-21(18-3-1-2-4-19(18)28-23)24-15-26(22)14-17-7-8-17/h1-4,15-17H,5-14H2. The van der Waals surface area contributed by atoms with E-state index in [1.165, 1.54) is 31.4 Å². The lowest BCUT2D eigenvalue weighted by molar-refractivity contribution is -0.135. The van der Waals surface area contributed by atoms with E-state index in [2.05, 4.69) is 27.7 Å². The molecule has 2 aromatic rings. The summed E-state index contributed by atoms with van der Waals surface area (Å²) in [6.07, 6.45) is 9.55. The molecule has 3 heterocycles. The van der Waals surface area contributed by atoms with Crippen LogP contribution in [-0.4, -0.2) is 33.4 Å². The van der Waals surface area contributed by atoms with Gasteiger partial charge in [0.15, 0.2) is 5.60 Å². The van der Waals surface area contributed by atoms with Crippen LogP contribution in [0.25, 0.3) is 11.3 Å². The lowest BCUT2D eigenvalue weighted by atomic mass is 9.83. The number of para-hydroxylation sites is 1. The number of ether oxygens (including phenoxy) is 1. The summed E-state index contributed by atoms with van der Waals surface area (Å²) in [5.74, 6) is 2.70. The van der Waals surface area contributed by atoms with Gasteiger partial charge in [-0.25, -0.2) is 4.98 Å². The second-order valence-corrected chi connectivity index (χ2v) is 9.16. The Hall–Kier alpha value is -2.30. The zero-order valence-corrected chi connectivity index (χ0v) is 16.3. The fraction of sp³-hybridized carbons (Fsp3) is 0.565. The molecule has 2 saturated carbocycles. The number of benzene rings is 1. The molecule has 5 heteroatoms. The SMILES string of the molecule is O=C(CC1CC1)N1CCC2(CC1)Oc1ccccc1-c1ncn(CC3CC3)c12. The van der Waals surface area contributed by atoms with Crippen molar-refractivity contribution in [3.8, 4) is 17.0 Å². The molecule has 6 rings (SSSR count). The Balaban J connectivity index is 1.33. The molecule has 1 aromatic heterocycles. The minimum atomic E-state index is -0.356. The van der Waals surface area contributed by atoms with Crippen LogP contribution in [0.5, 0.6) is 5.75 Å². The Labute approximate surface area is 165 Å². The van der Waals surface area contributed by atoms with E-state index >= 15 is 0 Å². The fourth-order valence-electron chi connectivity index (χ4n) is 4.94. The molecule has 1 amide bonds. The first-order valence-corrected chi connectivity index (χ1v) is 10.8. The highest BCUT2D eigenvalue weighted by Crippen LogP contribution is 2.49. The molecule has 1 saturated heterocycles. The number of carbonyl (C=O) groups is 1. The third-order valence-electron chi connectivity index (χ3n) is 6.95. The number of imidazole rings is 1. The zero-order valence-electron chi connectivity index (χ0n) is 16.3. The van der Waals surface area contributed by atoms with Gasteiger partial charge in [0.05, 0.1) is 17.7 Å². The molecule has 0 bridgehead atoms. The Morgan fingerprint density at radius 1 is 1.11 bits per heavy atom. The molecule has 1 aromatic carbocycles. The first-order valence-electron chi connectivity index (χ1n) is 10.8. The molecule has 146 valence electrons. The van der Waals surface area contributed by atoms with Crippen molar-refractivity contribution in [1.29, 1.82) is 0 Å². The van der Waals surface area contributed by atoms with Gasteiger partial charge < -0.3 is 14.2 Å². The van der Waals surface area contributed by atoms with Crippen LogP contribution in [0.15, 0.2) is 30.6 Å². The largest absolute Gasteiger partial charge is 0.480 e. The van der Waals surface area contributed by atoms with Crippen LogP contribution in [0, 0.1) is 11.8 Å². The highest BCUT2D eigenvalue weighted by molar-refractivity contribution is 5.77. The van der Waals surface area contributed by atoms with Crippen molar-refractivity contribution in [2.45, 2.75) is 57.1 Å². The van der Waals surface area contributed by atoms with Gasteiger partial charge in [-0.15, -0.1) is 0 Å². The summed E-state index contributed by atoms with van der Waals surface area (Å²) in [6.45, 7) is 2.60. The van der Waals surface area contributed by atoms with Gasteiger partial charge >= 0.3 is 0 Å². The third kappa shape index (κ3) is 2.75. The maximum atomic E-state index is 12.6. The molecular weight excluding hydrogens is 350 g/mol. The van der Waals surface area contributed by atoms with E-state index in [9.17, 15) is 4.79 Å². The Kier molecular flexibility index (Phi) is 3.62. The van der Waals surface area contributed by atoms with Gasteiger partial charge in [0.2, 0.25) is 5.91 Å². The summed E-state index contributed by atoms with van der Waals surface area (Å²) in [7, 11) is 0. The Morgan fingerprint density at radius 3 is 2.61 bits per heavy atom. The smallest absolute Gasteiger partial charge is 0.222 e. The van der Waals surface area contributed by atoms with E-state index in [0.717, 1.165) is 61.8 Å². The fourth-order valence-corrected chi connectivity index (χ4v) is 4.94. The van der Waals surface area contributed by atoms with Crippen LogP contribution >= 0.6 is 0 Å². The van der Waals surface area contributed by atoms with Crippen LogP contribution in [0.4, 0.5) is 0 Å². The number of nitrogens with zero attached hydrogens (tertiary/aromatic N) is 3. The second kappa shape index (κ2) is 6.10. The lowest BCUT2D eigenvalue weighted by Gasteiger charge is -2.44. The maximum Gasteiger partial charge on any atom is 0.222 e. The van der Waals surface area contributed by atoms with Crippen molar-refractivity contribution >= 4 is 5.91 Å². The lowest BCUT2D eigenvalue weighted by Crippen LogP contribution is -2.50. The van der Waals surface area contributed by atoms with E-state index in [1.54, 1.807) is 0 Å². The van der Waals surface area contributed by atoms with E-state index in [-0.39, 0.29) is 5.60 Å². The van der Waals surface area contributed by atoms with Gasteiger partial charge in [-0.2, -0.15) is 0 Å². The number of hydrogen-bond donors (Lipinski definition) is 0. The number of piperidine rings is 1. The van der Waals surface area contributed by atoms with Crippen molar-refractivity contribution in [3.05, 3.63) is 36.3 Å². The highest BCUT2D eigenvalue weighted by Gasteiger charge is 2.47. The molecular formula is C23H27N3O2. The first kappa shape index (κ1) is 16.6. The molecule has 0 radical (unpaired) electrons. The molecule has 28 heavy (non-hydrogen) atoms. The molecule has 4 aliphatic rings. The molecule has 5 nitrogen and oxygen atoms in total. The summed E-state index contributed by atoms with van der Waals surface area (Å²) in [5.41, 5.74) is 3.07. The molecule has 2 aliphatic carbocycles. The quantitative estimate of drug-likeness (QED) is 0.810. The molecule has 1 spiro atoms. The highest BCUT2D eigenvalue weighted by atomic mass is 16.5. The third-order valence-corrected chi connectivity index (χ3v) is 6.95. The van der Waals surface area contributed by atoms with Gasteiger partial charge in [0.1, 0.15) is 5.75 Å². The predicted octanol–water partition coefficient (Wildman–Crippen LogP) is 3.97. The van der Waals surface area contributed by atoms with E-state index in [0.29, 0.717) is 11.8 Å². The summed E-state index contributed by atoms with van der Waals surface area (Å²) < 4.78 is 9.06. The van der Waals surface area contributed by atoms with Crippen LogP contribution in [0.2, 0.25) is 0 Å². The summed E-state index contributed by atoms with van der Waals surface area (Å²) >= 11 is 0. The van der Waals surface area contributed by atoms with Gasteiger partial charge in [0, 0.05) is 44.5 Å². The second-order valence-electron chi connectivity index (χ2n) is 9.16. The van der Waals surface area contributed by atoms with Gasteiger partial charge in [0.25, 0.3) is 0 Å². The average Bonchev–Trinajstić information content (AvgIpc) is 3.63. The summed E-state index contributed by atoms with van der Waals surface area (Å²) in [5, 5.41) is 0. The number of likely N-dealkylation sites (tertiary alicyclic amines) is 1. The molecule has 0 unspecified atom stereocenters. The van der Waals surface area contributed by atoms with Gasteiger partial charge in [-0.3, -0.25) is 4.79 Å². The minimum Gasteiger partial charge on any atom is -0.480 e. The first-order chi connectivity index (χ1) is 13.7. The molecule has 2 aliphatic heterocycles. The number of aromatic nitrogens is 2. The van der Waals surface area contributed by atoms with Gasteiger partial charge in [-0.1, -0.05) is 12.1 Å². The number of fused-ring (bicyclic) bond motifs is 4. The topological polar surface area (TPSA) is 47.4 Å². The van der Waals surface area contributed by atoms with Crippen molar-refractivity contribution in [2.75, 3.05) is 13.1 Å². The normalized spacial score (nSPS) is 22.5. The van der Waals surface area contributed by atoms with Crippen LogP contribution in [0.3, 0.4) is 0 Å². The predicted molar refractivity (Wildman–Crippen MR) is 106 cm³/mol. The van der Waals surface area contributed by atoms with Crippen LogP contribution < -0.4 is 4.74 Å². The van der Waals surface area contributed by atoms with Crippen molar-refractivity contribution in [2.24, 2.45) is 11.8 Å². The van der Waals surface area contributed by atoms with Crippen molar-refractivity contribution < 1.29 is 9.53 Å². The average molecular weight is 377 g/mol. The number of carbonyl (C=O) groups excluding carboxylic acids is 1.